The second-order valence-electron chi connectivity index (χ2n) is 4.37. The first-order chi connectivity index (χ1) is 10.1. The van der Waals surface area contributed by atoms with Crippen LogP contribution < -0.4 is 4.72 Å². The molecule has 0 atom stereocenters. The van der Waals surface area contributed by atoms with Gasteiger partial charge < -0.3 is 0 Å². The van der Waals surface area contributed by atoms with Gasteiger partial charge >= 0.3 is 0 Å². The van der Waals surface area contributed by atoms with Crippen molar-refractivity contribution in [3.8, 4) is 0 Å². The van der Waals surface area contributed by atoms with E-state index in [2.05, 4.69) is 19.8 Å². The van der Waals surface area contributed by atoms with E-state index in [1.54, 1.807) is 28.9 Å². The molecule has 0 unspecified atom stereocenters. The van der Waals surface area contributed by atoms with E-state index in [1.165, 1.54) is 18.5 Å². The van der Waals surface area contributed by atoms with E-state index in [-0.39, 0.29) is 4.90 Å². The number of nitrogens with one attached hydrogen (secondary N) is 1. The number of hydrogen-bond donors (Lipinski definition) is 1. The highest BCUT2D eigenvalue weighted by Gasteiger charge is 2.17. The van der Waals surface area contributed by atoms with Gasteiger partial charge in [-0.05, 0) is 24.3 Å². The number of fused-ring (bicyclic) bond motifs is 1. The molecule has 0 aromatic carbocycles. The van der Waals surface area contributed by atoms with Crippen LogP contribution in [0.1, 0.15) is 12.7 Å². The molecule has 0 saturated carbocycles. The number of nitrogens with zero attached hydrogens (tertiary/aromatic N) is 4. The molecule has 0 aliphatic rings. The third kappa shape index (κ3) is 2.57. The topological polar surface area (TPSA) is 89.2 Å². The van der Waals surface area contributed by atoms with Crippen LogP contribution >= 0.6 is 0 Å². The fourth-order valence-electron chi connectivity index (χ4n) is 1.89. The van der Waals surface area contributed by atoms with Gasteiger partial charge in [-0.3, -0.25) is 9.71 Å². The minimum atomic E-state index is -3.70. The molecule has 108 valence electrons. The number of rotatable bonds is 4. The SMILES string of the molecule is CCc1nc2c(NS(=O)(=O)c3cccnc3)cccn2n1. The van der Waals surface area contributed by atoms with Crippen LogP contribution in [0.3, 0.4) is 0 Å². The van der Waals surface area contributed by atoms with E-state index in [9.17, 15) is 8.42 Å². The van der Waals surface area contributed by atoms with Crippen LogP contribution in [0.5, 0.6) is 0 Å². The molecule has 3 aromatic rings. The lowest BCUT2D eigenvalue weighted by molar-refractivity contribution is 0.601. The predicted molar refractivity (Wildman–Crippen MR) is 77.4 cm³/mol. The summed E-state index contributed by atoms with van der Waals surface area (Å²) in [6.07, 6.45) is 5.22. The first-order valence-electron chi connectivity index (χ1n) is 6.37. The van der Waals surface area contributed by atoms with E-state index in [4.69, 9.17) is 0 Å². The molecular weight excluding hydrogens is 290 g/mol. The van der Waals surface area contributed by atoms with Gasteiger partial charge in [-0.1, -0.05) is 6.92 Å². The maximum absolute atomic E-state index is 12.3. The molecule has 0 bridgehead atoms. The average molecular weight is 303 g/mol. The summed E-state index contributed by atoms with van der Waals surface area (Å²) in [5.74, 6) is 0.656. The Bertz CT molecular complexity index is 874. The van der Waals surface area contributed by atoms with Gasteiger partial charge in [0.15, 0.2) is 11.5 Å². The Morgan fingerprint density at radius 1 is 1.29 bits per heavy atom. The Hall–Kier alpha value is -2.48. The minimum absolute atomic E-state index is 0.0993. The van der Waals surface area contributed by atoms with Gasteiger partial charge in [0.25, 0.3) is 10.0 Å². The monoisotopic (exact) mass is 303 g/mol. The summed E-state index contributed by atoms with van der Waals surface area (Å²) in [6, 6.07) is 6.41. The number of anilines is 1. The fraction of sp³-hybridized carbons (Fsp3) is 0.154. The highest BCUT2D eigenvalue weighted by Crippen LogP contribution is 2.19. The molecule has 3 rings (SSSR count). The largest absolute Gasteiger partial charge is 0.276 e. The lowest BCUT2D eigenvalue weighted by Gasteiger charge is -2.07. The molecule has 3 heterocycles. The van der Waals surface area contributed by atoms with Crippen molar-refractivity contribution in [1.29, 1.82) is 0 Å². The second-order valence-corrected chi connectivity index (χ2v) is 6.05. The third-order valence-electron chi connectivity index (χ3n) is 2.91. The number of hydrogen-bond acceptors (Lipinski definition) is 5. The molecular formula is C13H13N5O2S. The molecule has 7 nitrogen and oxygen atoms in total. The smallest absolute Gasteiger partial charge is 0.263 e. The molecule has 0 radical (unpaired) electrons. The van der Waals surface area contributed by atoms with Crippen LogP contribution in [-0.4, -0.2) is 28.0 Å². The lowest BCUT2D eigenvalue weighted by atomic mass is 10.4. The van der Waals surface area contributed by atoms with Crippen molar-refractivity contribution >= 4 is 21.4 Å². The first-order valence-corrected chi connectivity index (χ1v) is 7.85. The first kappa shape index (κ1) is 13.5. The normalized spacial score (nSPS) is 11.7. The standard InChI is InChI=1S/C13H13N5O2S/c1-2-12-15-13-11(6-4-8-18(13)16-12)17-21(19,20)10-5-3-7-14-9-10/h3-9,17H,2H2,1H3. The summed E-state index contributed by atoms with van der Waals surface area (Å²) in [7, 11) is -3.70. The molecule has 0 fully saturated rings. The zero-order valence-electron chi connectivity index (χ0n) is 11.3. The Morgan fingerprint density at radius 3 is 2.86 bits per heavy atom. The Balaban J connectivity index is 2.04. The van der Waals surface area contributed by atoms with E-state index < -0.39 is 10.0 Å². The number of aryl methyl sites for hydroxylation is 1. The number of aromatic nitrogens is 4. The minimum Gasteiger partial charge on any atom is -0.276 e. The van der Waals surface area contributed by atoms with Crippen molar-refractivity contribution in [2.24, 2.45) is 0 Å². The van der Waals surface area contributed by atoms with E-state index in [0.717, 1.165) is 0 Å². The zero-order chi connectivity index (χ0) is 14.9. The van der Waals surface area contributed by atoms with Crippen LogP contribution in [0.2, 0.25) is 0 Å². The lowest BCUT2D eigenvalue weighted by Crippen LogP contribution is -2.14. The van der Waals surface area contributed by atoms with Crippen LogP contribution in [-0.2, 0) is 16.4 Å². The number of pyridine rings is 2. The highest BCUT2D eigenvalue weighted by atomic mass is 32.2. The molecule has 3 aromatic heterocycles. The Morgan fingerprint density at radius 2 is 2.14 bits per heavy atom. The van der Waals surface area contributed by atoms with E-state index in [0.29, 0.717) is 23.6 Å². The van der Waals surface area contributed by atoms with Crippen molar-refractivity contribution in [3.63, 3.8) is 0 Å². The van der Waals surface area contributed by atoms with Crippen molar-refractivity contribution < 1.29 is 8.42 Å². The molecule has 0 aliphatic carbocycles. The van der Waals surface area contributed by atoms with Crippen LogP contribution in [0.15, 0.2) is 47.8 Å². The van der Waals surface area contributed by atoms with Gasteiger partial charge in [-0.25, -0.2) is 17.9 Å². The summed E-state index contributed by atoms with van der Waals surface area (Å²) in [5, 5.41) is 4.25. The molecule has 0 saturated heterocycles. The fourth-order valence-corrected chi connectivity index (χ4v) is 2.91. The van der Waals surface area contributed by atoms with Gasteiger partial charge in [-0.15, -0.1) is 0 Å². The van der Waals surface area contributed by atoms with Crippen LogP contribution in [0.4, 0.5) is 5.69 Å². The maximum atomic E-state index is 12.3. The van der Waals surface area contributed by atoms with Crippen molar-refractivity contribution in [2.45, 2.75) is 18.2 Å². The van der Waals surface area contributed by atoms with Crippen molar-refractivity contribution in [2.75, 3.05) is 4.72 Å². The van der Waals surface area contributed by atoms with Gasteiger partial charge in [0.1, 0.15) is 4.90 Å². The molecule has 0 aliphatic heterocycles. The molecule has 0 amide bonds. The highest BCUT2D eigenvalue weighted by molar-refractivity contribution is 7.92. The quantitative estimate of drug-likeness (QED) is 0.788. The predicted octanol–water partition coefficient (Wildman–Crippen LogP) is 1.49. The second kappa shape index (κ2) is 5.13. The van der Waals surface area contributed by atoms with Gasteiger partial charge in [0, 0.05) is 25.0 Å². The van der Waals surface area contributed by atoms with E-state index >= 15 is 0 Å². The van der Waals surface area contributed by atoms with Crippen molar-refractivity contribution in [3.05, 3.63) is 48.7 Å². The molecule has 0 spiro atoms. The average Bonchev–Trinajstić information content (AvgIpc) is 2.92. The van der Waals surface area contributed by atoms with Crippen molar-refractivity contribution in [1.82, 2.24) is 19.6 Å². The molecule has 8 heteroatoms. The van der Waals surface area contributed by atoms with E-state index in [1.807, 2.05) is 6.92 Å². The molecule has 21 heavy (non-hydrogen) atoms. The van der Waals surface area contributed by atoms with Gasteiger partial charge in [0.2, 0.25) is 0 Å². The summed E-state index contributed by atoms with van der Waals surface area (Å²) >= 11 is 0. The van der Waals surface area contributed by atoms with Gasteiger partial charge in [-0.2, -0.15) is 5.10 Å². The van der Waals surface area contributed by atoms with Gasteiger partial charge in [0.05, 0.1) is 5.69 Å². The number of sulfonamides is 1. The molecule has 1 N–H and O–H groups in total. The van der Waals surface area contributed by atoms with Crippen LogP contribution in [0.25, 0.3) is 5.65 Å². The zero-order valence-corrected chi connectivity index (χ0v) is 12.1. The summed E-state index contributed by atoms with van der Waals surface area (Å²) in [5.41, 5.74) is 0.857. The maximum Gasteiger partial charge on any atom is 0.263 e. The summed E-state index contributed by atoms with van der Waals surface area (Å²) < 4.78 is 28.7. The van der Waals surface area contributed by atoms with Crippen LogP contribution in [0, 0.1) is 0 Å². The Labute approximate surface area is 121 Å². The summed E-state index contributed by atoms with van der Waals surface area (Å²) in [6.45, 7) is 1.94. The summed E-state index contributed by atoms with van der Waals surface area (Å²) in [4.78, 5) is 8.24. The Kier molecular flexibility index (Phi) is 3.30. The third-order valence-corrected chi connectivity index (χ3v) is 4.26.